The summed E-state index contributed by atoms with van der Waals surface area (Å²) in [5, 5.41) is 6.84. The van der Waals surface area contributed by atoms with Crippen molar-refractivity contribution < 1.29 is 14.3 Å². The number of ether oxygens (including phenoxy) is 2. The van der Waals surface area contributed by atoms with Gasteiger partial charge in [0.05, 0.1) is 19.2 Å². The molecule has 1 aliphatic heterocycles. The van der Waals surface area contributed by atoms with E-state index in [1.54, 1.807) is 32.2 Å². The fraction of sp³-hybridized carbons (Fsp3) is 0.286. The zero-order valence-corrected chi connectivity index (χ0v) is 13.2. The third-order valence-corrected chi connectivity index (χ3v) is 3.51. The van der Waals surface area contributed by atoms with Gasteiger partial charge in [-0.25, -0.2) is 4.79 Å². The van der Waals surface area contributed by atoms with E-state index in [1.807, 2.05) is 0 Å². The molecule has 0 saturated carbocycles. The Labute approximate surface area is 133 Å². The first-order valence-electron chi connectivity index (χ1n) is 6.25. The van der Waals surface area contributed by atoms with Crippen LogP contribution in [0.1, 0.15) is 12.5 Å². The summed E-state index contributed by atoms with van der Waals surface area (Å²) in [5.41, 5.74) is 1.93. The van der Waals surface area contributed by atoms with Gasteiger partial charge in [0.1, 0.15) is 12.4 Å². The van der Waals surface area contributed by atoms with Crippen LogP contribution in [0.3, 0.4) is 0 Å². The number of nitrogens with one attached hydrogen (secondary N) is 2. The maximum absolute atomic E-state index is 12.1. The van der Waals surface area contributed by atoms with Gasteiger partial charge >= 0.3 is 5.97 Å². The molecule has 1 heterocycles. The van der Waals surface area contributed by atoms with Gasteiger partial charge in [0.2, 0.25) is 0 Å². The Morgan fingerprint density at radius 2 is 2.24 bits per heavy atom. The first-order chi connectivity index (χ1) is 10.0. The molecule has 0 bridgehead atoms. The Morgan fingerprint density at radius 1 is 1.48 bits per heavy atom. The van der Waals surface area contributed by atoms with E-state index >= 15 is 0 Å². The number of hydrogen-bond donors (Lipinski definition) is 2. The summed E-state index contributed by atoms with van der Waals surface area (Å²) < 4.78 is 10.5. The molecule has 5 nitrogen and oxygen atoms in total. The smallest absolute Gasteiger partial charge is 0.337 e. The van der Waals surface area contributed by atoms with Crippen LogP contribution in [0, 0.1) is 0 Å². The maximum Gasteiger partial charge on any atom is 0.337 e. The minimum absolute atomic E-state index is 0.0871. The second-order valence-electron chi connectivity index (χ2n) is 4.44. The van der Waals surface area contributed by atoms with E-state index in [-0.39, 0.29) is 6.61 Å². The number of methoxy groups -OCH3 is 1. The highest BCUT2D eigenvalue weighted by atomic mass is 35.5. The molecule has 21 heavy (non-hydrogen) atoms. The highest BCUT2D eigenvalue weighted by Gasteiger charge is 2.20. The van der Waals surface area contributed by atoms with E-state index in [9.17, 15) is 4.79 Å². The highest BCUT2D eigenvalue weighted by Crippen LogP contribution is 2.23. The van der Waals surface area contributed by atoms with Crippen LogP contribution >= 0.6 is 23.8 Å². The molecule has 1 aliphatic rings. The van der Waals surface area contributed by atoms with Gasteiger partial charge in [0.25, 0.3) is 0 Å². The molecule has 2 N–H and O–H groups in total. The van der Waals surface area contributed by atoms with Gasteiger partial charge in [-0.05, 0) is 37.3 Å². The molecular weight excluding hydrogens is 312 g/mol. The lowest BCUT2D eigenvalue weighted by Gasteiger charge is -2.21. The van der Waals surface area contributed by atoms with Crippen molar-refractivity contribution in [1.82, 2.24) is 10.6 Å². The van der Waals surface area contributed by atoms with Crippen LogP contribution in [0.15, 0.2) is 29.5 Å². The van der Waals surface area contributed by atoms with E-state index < -0.39 is 5.97 Å². The molecule has 1 aromatic carbocycles. The summed E-state index contributed by atoms with van der Waals surface area (Å²) in [6.45, 7) is 2.22. The number of benzene rings is 1. The normalized spacial score (nSPS) is 14.3. The van der Waals surface area contributed by atoms with Crippen LogP contribution in [0.25, 0.3) is 0 Å². The highest BCUT2D eigenvalue weighted by molar-refractivity contribution is 7.80. The quantitative estimate of drug-likeness (QED) is 0.653. The Bertz CT molecular complexity index is 616. The predicted octanol–water partition coefficient (Wildman–Crippen LogP) is 2.14. The number of carbonyl (C=O) groups is 1. The van der Waals surface area contributed by atoms with Crippen molar-refractivity contribution in [1.29, 1.82) is 0 Å². The summed E-state index contributed by atoms with van der Waals surface area (Å²) in [7, 11) is 1.55. The Balaban J connectivity index is 2.06. The van der Waals surface area contributed by atoms with Crippen LogP contribution < -0.4 is 15.4 Å². The second-order valence-corrected chi connectivity index (χ2v) is 5.29. The van der Waals surface area contributed by atoms with Gasteiger partial charge < -0.3 is 20.1 Å². The molecule has 1 aromatic rings. The average molecular weight is 327 g/mol. The molecule has 0 fully saturated rings. The molecule has 0 unspecified atom stereocenters. The van der Waals surface area contributed by atoms with Crippen molar-refractivity contribution in [2.75, 3.05) is 13.7 Å². The van der Waals surface area contributed by atoms with Gasteiger partial charge in [0, 0.05) is 16.3 Å². The monoisotopic (exact) mass is 326 g/mol. The van der Waals surface area contributed by atoms with E-state index in [4.69, 9.17) is 33.3 Å². The molecule has 112 valence electrons. The van der Waals surface area contributed by atoms with Gasteiger partial charge in [-0.3, -0.25) is 0 Å². The summed E-state index contributed by atoms with van der Waals surface area (Å²) in [5.74, 6) is 0.219. The molecule has 0 radical (unpaired) electrons. The number of rotatable bonds is 4. The van der Waals surface area contributed by atoms with E-state index in [1.165, 1.54) is 0 Å². The summed E-state index contributed by atoms with van der Waals surface area (Å²) >= 11 is 10.9. The average Bonchev–Trinajstić information content (AvgIpc) is 2.45. The maximum atomic E-state index is 12.1. The first-order valence-corrected chi connectivity index (χ1v) is 7.04. The summed E-state index contributed by atoms with van der Waals surface area (Å²) in [4.78, 5) is 12.1. The van der Waals surface area contributed by atoms with Crippen molar-refractivity contribution >= 4 is 34.9 Å². The van der Waals surface area contributed by atoms with Gasteiger partial charge in [-0.15, -0.1) is 0 Å². The molecule has 0 aromatic heterocycles. The van der Waals surface area contributed by atoms with Crippen molar-refractivity contribution in [3.8, 4) is 5.75 Å². The first kappa shape index (κ1) is 15.6. The second kappa shape index (κ2) is 6.78. The molecule has 0 saturated heterocycles. The molecule has 7 heteroatoms. The van der Waals surface area contributed by atoms with E-state index in [0.717, 1.165) is 0 Å². The van der Waals surface area contributed by atoms with Crippen LogP contribution in [0.5, 0.6) is 5.75 Å². The van der Waals surface area contributed by atoms with E-state index in [2.05, 4.69) is 10.6 Å². The van der Waals surface area contributed by atoms with Crippen LogP contribution in [-0.2, 0) is 16.1 Å². The zero-order valence-electron chi connectivity index (χ0n) is 11.7. The fourth-order valence-electron chi connectivity index (χ4n) is 1.91. The molecule has 0 aliphatic carbocycles. The Hall–Kier alpha value is -1.79. The van der Waals surface area contributed by atoms with Crippen molar-refractivity contribution in [3.05, 3.63) is 40.1 Å². The zero-order chi connectivity index (χ0) is 15.4. The Kier molecular flexibility index (Phi) is 5.03. The number of esters is 1. The molecule has 0 spiro atoms. The van der Waals surface area contributed by atoms with Crippen molar-refractivity contribution in [3.63, 3.8) is 0 Å². The lowest BCUT2D eigenvalue weighted by molar-refractivity contribution is -0.140. The summed E-state index contributed by atoms with van der Waals surface area (Å²) in [6.07, 6.45) is 0. The SMILES string of the molecule is COc1ccc(Cl)cc1COC(=O)C1=C(C)NC(=S)NC1. The van der Waals surface area contributed by atoms with Crippen LogP contribution in [-0.4, -0.2) is 24.7 Å². The van der Waals surface area contributed by atoms with Crippen molar-refractivity contribution in [2.45, 2.75) is 13.5 Å². The predicted molar refractivity (Wildman–Crippen MR) is 84.2 cm³/mol. The molecule has 0 amide bonds. The minimum Gasteiger partial charge on any atom is -0.496 e. The third kappa shape index (κ3) is 3.86. The number of hydrogen-bond acceptors (Lipinski definition) is 4. The lowest BCUT2D eigenvalue weighted by Crippen LogP contribution is -2.42. The topological polar surface area (TPSA) is 59.6 Å². The standard InChI is InChI=1S/C14H15ClN2O3S/c1-8-11(6-16-14(21)17-8)13(18)20-7-9-5-10(15)3-4-12(9)19-2/h3-5H,6-7H2,1-2H3,(H2,16,17,21). The number of carbonyl (C=O) groups excluding carboxylic acids is 1. The minimum atomic E-state index is -0.406. The fourth-order valence-corrected chi connectivity index (χ4v) is 2.33. The van der Waals surface area contributed by atoms with Crippen LogP contribution in [0.4, 0.5) is 0 Å². The van der Waals surface area contributed by atoms with Crippen molar-refractivity contribution in [2.24, 2.45) is 0 Å². The largest absolute Gasteiger partial charge is 0.496 e. The van der Waals surface area contributed by atoms with Crippen LogP contribution in [0.2, 0.25) is 5.02 Å². The molecule has 0 atom stereocenters. The third-order valence-electron chi connectivity index (χ3n) is 3.03. The number of halogens is 1. The Morgan fingerprint density at radius 3 is 2.90 bits per heavy atom. The van der Waals surface area contributed by atoms with Gasteiger partial charge in [-0.2, -0.15) is 0 Å². The summed E-state index contributed by atoms with van der Waals surface area (Å²) in [6, 6.07) is 5.16. The van der Waals surface area contributed by atoms with Gasteiger partial charge in [-0.1, -0.05) is 11.6 Å². The number of allylic oxidation sites excluding steroid dienone is 1. The molecular formula is C14H15ClN2O3S. The lowest BCUT2D eigenvalue weighted by atomic mass is 10.2. The van der Waals surface area contributed by atoms with Gasteiger partial charge in [0.15, 0.2) is 5.11 Å². The molecule has 2 rings (SSSR count). The number of thiocarbonyl (C=S) groups is 1. The van der Waals surface area contributed by atoms with E-state index in [0.29, 0.717) is 39.3 Å².